The minimum Gasteiger partial charge on any atom is -0.493 e. The molecular formula is C15H16N2O4. The maximum absolute atomic E-state index is 11.0. The SMILES string of the molecule is CNc1c(COc2ccccc2OC)cccc1[N+](=O)[O-]. The summed E-state index contributed by atoms with van der Waals surface area (Å²) in [5.41, 5.74) is 1.19. The summed E-state index contributed by atoms with van der Waals surface area (Å²) in [6.07, 6.45) is 0. The molecule has 0 aliphatic heterocycles. The second kappa shape index (κ2) is 6.60. The molecule has 2 rings (SSSR count). The molecule has 6 nitrogen and oxygen atoms in total. The molecule has 0 fully saturated rings. The first-order valence-corrected chi connectivity index (χ1v) is 6.37. The Morgan fingerprint density at radius 2 is 1.86 bits per heavy atom. The lowest BCUT2D eigenvalue weighted by molar-refractivity contribution is -0.384. The summed E-state index contributed by atoms with van der Waals surface area (Å²) in [6, 6.07) is 12.1. The molecule has 6 heteroatoms. The minimum atomic E-state index is -0.418. The van der Waals surface area contributed by atoms with Crippen LogP contribution in [-0.4, -0.2) is 19.1 Å². The predicted octanol–water partition coefficient (Wildman–Crippen LogP) is 3.22. The molecule has 1 N–H and O–H groups in total. The van der Waals surface area contributed by atoms with E-state index in [1.54, 1.807) is 38.4 Å². The van der Waals surface area contributed by atoms with Crippen LogP contribution in [0.1, 0.15) is 5.56 Å². The maximum Gasteiger partial charge on any atom is 0.292 e. The van der Waals surface area contributed by atoms with Gasteiger partial charge >= 0.3 is 0 Å². The van der Waals surface area contributed by atoms with Gasteiger partial charge in [0.15, 0.2) is 11.5 Å². The van der Waals surface area contributed by atoms with E-state index in [4.69, 9.17) is 9.47 Å². The van der Waals surface area contributed by atoms with Crippen LogP contribution in [0.25, 0.3) is 0 Å². The van der Waals surface area contributed by atoms with Crippen LogP contribution in [0.2, 0.25) is 0 Å². The van der Waals surface area contributed by atoms with E-state index in [0.717, 1.165) is 0 Å². The Morgan fingerprint density at radius 3 is 2.48 bits per heavy atom. The lowest BCUT2D eigenvalue weighted by atomic mass is 10.1. The number of rotatable bonds is 6. The van der Waals surface area contributed by atoms with E-state index in [-0.39, 0.29) is 12.3 Å². The van der Waals surface area contributed by atoms with E-state index < -0.39 is 4.92 Å². The van der Waals surface area contributed by atoms with E-state index in [0.29, 0.717) is 22.7 Å². The van der Waals surface area contributed by atoms with Gasteiger partial charge in [0.1, 0.15) is 12.3 Å². The molecule has 0 saturated heterocycles. The van der Waals surface area contributed by atoms with Crippen molar-refractivity contribution >= 4 is 11.4 Å². The Balaban J connectivity index is 2.24. The van der Waals surface area contributed by atoms with Gasteiger partial charge in [0.05, 0.1) is 12.0 Å². The van der Waals surface area contributed by atoms with Crippen molar-refractivity contribution in [3.8, 4) is 11.5 Å². The predicted molar refractivity (Wildman–Crippen MR) is 80.0 cm³/mol. The first-order valence-electron chi connectivity index (χ1n) is 6.37. The van der Waals surface area contributed by atoms with Crippen molar-refractivity contribution in [3.63, 3.8) is 0 Å². The fourth-order valence-corrected chi connectivity index (χ4v) is 2.04. The molecule has 21 heavy (non-hydrogen) atoms. The normalized spacial score (nSPS) is 10.0. The van der Waals surface area contributed by atoms with Crippen LogP contribution in [0.3, 0.4) is 0 Å². The Bertz CT molecular complexity index is 643. The molecule has 0 atom stereocenters. The van der Waals surface area contributed by atoms with Crippen molar-refractivity contribution in [2.45, 2.75) is 6.61 Å². The average molecular weight is 288 g/mol. The summed E-state index contributed by atoms with van der Waals surface area (Å²) in [5.74, 6) is 1.21. The zero-order chi connectivity index (χ0) is 15.2. The molecule has 0 radical (unpaired) electrons. The number of hydrogen-bond donors (Lipinski definition) is 1. The van der Waals surface area contributed by atoms with Crippen LogP contribution in [-0.2, 0) is 6.61 Å². The van der Waals surface area contributed by atoms with Crippen LogP contribution in [0.5, 0.6) is 11.5 Å². The van der Waals surface area contributed by atoms with Gasteiger partial charge in [-0.1, -0.05) is 24.3 Å². The van der Waals surface area contributed by atoms with Crippen molar-refractivity contribution in [1.82, 2.24) is 0 Å². The zero-order valence-corrected chi connectivity index (χ0v) is 11.8. The van der Waals surface area contributed by atoms with Crippen LogP contribution in [0.15, 0.2) is 42.5 Å². The fourth-order valence-electron chi connectivity index (χ4n) is 2.04. The monoisotopic (exact) mass is 288 g/mol. The summed E-state index contributed by atoms with van der Waals surface area (Å²) in [4.78, 5) is 10.6. The zero-order valence-electron chi connectivity index (χ0n) is 11.8. The number of benzene rings is 2. The van der Waals surface area contributed by atoms with Gasteiger partial charge in [-0.25, -0.2) is 0 Å². The molecule has 0 aliphatic rings. The van der Waals surface area contributed by atoms with Crippen LogP contribution in [0.4, 0.5) is 11.4 Å². The van der Waals surface area contributed by atoms with Crippen LogP contribution in [0, 0.1) is 10.1 Å². The standard InChI is InChI=1S/C15H16N2O4/c1-16-15-11(6-5-7-12(15)17(18)19)10-21-14-9-4-3-8-13(14)20-2/h3-9,16H,10H2,1-2H3. The van der Waals surface area contributed by atoms with Crippen molar-refractivity contribution < 1.29 is 14.4 Å². The highest BCUT2D eigenvalue weighted by molar-refractivity contribution is 5.66. The summed E-state index contributed by atoms with van der Waals surface area (Å²) in [6.45, 7) is 0.207. The molecule has 0 amide bonds. The molecule has 0 spiro atoms. The number of hydrogen-bond acceptors (Lipinski definition) is 5. The van der Waals surface area contributed by atoms with E-state index >= 15 is 0 Å². The third-order valence-corrected chi connectivity index (χ3v) is 3.03. The quantitative estimate of drug-likeness (QED) is 0.652. The molecule has 0 saturated carbocycles. The number of nitro groups is 1. The van der Waals surface area contributed by atoms with Crippen molar-refractivity contribution in [2.75, 3.05) is 19.5 Å². The second-order valence-corrected chi connectivity index (χ2v) is 4.26. The van der Waals surface area contributed by atoms with Gasteiger partial charge in [0, 0.05) is 18.7 Å². The summed E-state index contributed by atoms with van der Waals surface area (Å²) >= 11 is 0. The number of anilines is 1. The van der Waals surface area contributed by atoms with Crippen molar-refractivity contribution in [2.24, 2.45) is 0 Å². The number of nitro benzene ring substituents is 1. The number of nitrogens with zero attached hydrogens (tertiary/aromatic N) is 1. The van der Waals surface area contributed by atoms with Gasteiger partial charge in [-0.3, -0.25) is 10.1 Å². The van der Waals surface area contributed by atoms with Gasteiger partial charge in [0.25, 0.3) is 5.69 Å². The molecule has 0 heterocycles. The van der Waals surface area contributed by atoms with Crippen molar-refractivity contribution in [1.29, 1.82) is 0 Å². The number of methoxy groups -OCH3 is 1. The van der Waals surface area contributed by atoms with Gasteiger partial charge in [-0.05, 0) is 12.1 Å². The fraction of sp³-hybridized carbons (Fsp3) is 0.200. The Hall–Kier alpha value is -2.76. The van der Waals surface area contributed by atoms with E-state index in [1.165, 1.54) is 6.07 Å². The summed E-state index contributed by atoms with van der Waals surface area (Å²) in [5, 5.41) is 13.9. The van der Waals surface area contributed by atoms with E-state index in [1.807, 2.05) is 12.1 Å². The molecular weight excluding hydrogens is 272 g/mol. The molecule has 0 aliphatic carbocycles. The van der Waals surface area contributed by atoms with E-state index in [2.05, 4.69) is 5.32 Å². The highest BCUT2D eigenvalue weighted by atomic mass is 16.6. The molecule has 2 aromatic rings. The third kappa shape index (κ3) is 3.22. The van der Waals surface area contributed by atoms with Crippen LogP contribution >= 0.6 is 0 Å². The highest BCUT2D eigenvalue weighted by Gasteiger charge is 2.16. The Labute approximate surface area is 122 Å². The van der Waals surface area contributed by atoms with Gasteiger partial charge in [0.2, 0.25) is 0 Å². The number of para-hydroxylation sites is 3. The smallest absolute Gasteiger partial charge is 0.292 e. The average Bonchev–Trinajstić information content (AvgIpc) is 2.52. The maximum atomic E-state index is 11.0. The molecule has 110 valence electrons. The largest absolute Gasteiger partial charge is 0.493 e. The van der Waals surface area contributed by atoms with Gasteiger partial charge in [-0.2, -0.15) is 0 Å². The molecule has 0 unspecified atom stereocenters. The Kier molecular flexibility index (Phi) is 4.61. The second-order valence-electron chi connectivity index (χ2n) is 4.26. The minimum absolute atomic E-state index is 0.0265. The third-order valence-electron chi connectivity index (χ3n) is 3.03. The first-order chi connectivity index (χ1) is 10.2. The van der Waals surface area contributed by atoms with Gasteiger partial charge < -0.3 is 14.8 Å². The lowest BCUT2D eigenvalue weighted by Gasteiger charge is -2.13. The van der Waals surface area contributed by atoms with E-state index in [9.17, 15) is 10.1 Å². The topological polar surface area (TPSA) is 73.6 Å². The first kappa shape index (κ1) is 14.6. The molecule has 0 aromatic heterocycles. The lowest BCUT2D eigenvalue weighted by Crippen LogP contribution is -2.04. The van der Waals surface area contributed by atoms with Crippen molar-refractivity contribution in [3.05, 3.63) is 58.1 Å². The Morgan fingerprint density at radius 1 is 1.14 bits per heavy atom. The molecule has 0 bridgehead atoms. The molecule has 2 aromatic carbocycles. The summed E-state index contributed by atoms with van der Waals surface area (Å²) in [7, 11) is 3.21. The number of nitrogens with one attached hydrogen (secondary N) is 1. The summed E-state index contributed by atoms with van der Waals surface area (Å²) < 4.78 is 10.9. The number of ether oxygens (including phenoxy) is 2. The van der Waals surface area contributed by atoms with Crippen LogP contribution < -0.4 is 14.8 Å². The highest BCUT2D eigenvalue weighted by Crippen LogP contribution is 2.31. The van der Waals surface area contributed by atoms with Gasteiger partial charge in [-0.15, -0.1) is 0 Å².